The molecule has 1 atom stereocenters. The van der Waals surface area contributed by atoms with Gasteiger partial charge in [-0.15, -0.1) is 11.3 Å². The van der Waals surface area contributed by atoms with Crippen LogP contribution in [-0.2, 0) is 13.2 Å². The molecule has 0 bridgehead atoms. The average molecular weight is 373 g/mol. The SMILES string of the molecule is Cc1ccc(OCc2nc(CNC(C)c3cccc(Cl)c3)cs2)cc1. The lowest BCUT2D eigenvalue weighted by molar-refractivity contribution is 0.305. The number of aryl methyl sites for hydroxylation is 1. The van der Waals surface area contributed by atoms with Gasteiger partial charge in [-0.25, -0.2) is 4.98 Å². The highest BCUT2D eigenvalue weighted by molar-refractivity contribution is 7.09. The van der Waals surface area contributed by atoms with Crippen LogP contribution in [0.3, 0.4) is 0 Å². The van der Waals surface area contributed by atoms with Crippen molar-refractivity contribution in [3.8, 4) is 5.75 Å². The lowest BCUT2D eigenvalue weighted by atomic mass is 10.1. The van der Waals surface area contributed by atoms with Crippen LogP contribution in [0.15, 0.2) is 53.9 Å². The van der Waals surface area contributed by atoms with E-state index in [4.69, 9.17) is 16.3 Å². The zero-order valence-electron chi connectivity index (χ0n) is 14.3. The molecule has 130 valence electrons. The number of thiazole rings is 1. The zero-order valence-corrected chi connectivity index (χ0v) is 15.9. The van der Waals surface area contributed by atoms with Crippen LogP contribution in [0.2, 0.25) is 5.02 Å². The minimum absolute atomic E-state index is 0.215. The van der Waals surface area contributed by atoms with Crippen LogP contribution in [-0.4, -0.2) is 4.98 Å². The molecule has 2 aromatic carbocycles. The summed E-state index contributed by atoms with van der Waals surface area (Å²) >= 11 is 7.68. The first-order valence-electron chi connectivity index (χ1n) is 8.22. The van der Waals surface area contributed by atoms with Crippen molar-refractivity contribution in [2.75, 3.05) is 0 Å². The standard InChI is InChI=1S/C20H21ClN2OS/c1-14-6-8-19(9-7-14)24-12-20-23-18(13-25-20)11-22-15(2)16-4-3-5-17(21)10-16/h3-10,13,15,22H,11-12H2,1-2H3. The van der Waals surface area contributed by atoms with Gasteiger partial charge in [0.25, 0.3) is 0 Å². The Bertz CT molecular complexity index is 817. The largest absolute Gasteiger partial charge is 0.486 e. The van der Waals surface area contributed by atoms with Crippen molar-refractivity contribution in [3.63, 3.8) is 0 Å². The van der Waals surface area contributed by atoms with Gasteiger partial charge < -0.3 is 10.1 Å². The molecule has 3 aromatic rings. The van der Waals surface area contributed by atoms with Gasteiger partial charge in [0.15, 0.2) is 0 Å². The Balaban J connectivity index is 1.50. The molecular formula is C20H21ClN2OS. The fraction of sp³-hybridized carbons (Fsp3) is 0.250. The van der Waals surface area contributed by atoms with Gasteiger partial charge in [-0.05, 0) is 43.7 Å². The summed E-state index contributed by atoms with van der Waals surface area (Å²) in [5.41, 5.74) is 3.43. The second-order valence-electron chi connectivity index (χ2n) is 5.99. The topological polar surface area (TPSA) is 34.1 Å². The van der Waals surface area contributed by atoms with Gasteiger partial charge in [-0.3, -0.25) is 0 Å². The summed E-state index contributed by atoms with van der Waals surface area (Å²) in [7, 11) is 0. The molecule has 3 rings (SSSR count). The quantitative estimate of drug-likeness (QED) is 0.591. The number of nitrogens with one attached hydrogen (secondary N) is 1. The average Bonchev–Trinajstić information content (AvgIpc) is 3.07. The minimum Gasteiger partial charge on any atom is -0.486 e. The Morgan fingerprint density at radius 1 is 1.20 bits per heavy atom. The summed E-state index contributed by atoms with van der Waals surface area (Å²) in [5.74, 6) is 0.870. The van der Waals surface area contributed by atoms with Crippen LogP contribution in [0.5, 0.6) is 5.75 Å². The molecular weight excluding hydrogens is 352 g/mol. The van der Waals surface area contributed by atoms with E-state index in [1.54, 1.807) is 11.3 Å². The lowest BCUT2D eigenvalue weighted by Crippen LogP contribution is -2.18. The Labute approximate surface area is 157 Å². The maximum Gasteiger partial charge on any atom is 0.140 e. The molecule has 1 heterocycles. The normalized spacial score (nSPS) is 12.1. The molecule has 1 aromatic heterocycles. The monoisotopic (exact) mass is 372 g/mol. The molecule has 0 spiro atoms. The van der Waals surface area contributed by atoms with Crippen LogP contribution in [0.25, 0.3) is 0 Å². The fourth-order valence-corrected chi connectivity index (χ4v) is 3.33. The van der Waals surface area contributed by atoms with E-state index in [0.29, 0.717) is 13.2 Å². The van der Waals surface area contributed by atoms with Crippen LogP contribution >= 0.6 is 22.9 Å². The highest BCUT2D eigenvalue weighted by Crippen LogP contribution is 2.19. The van der Waals surface area contributed by atoms with E-state index >= 15 is 0 Å². The molecule has 0 aliphatic carbocycles. The molecule has 5 heteroatoms. The molecule has 0 amide bonds. The van der Waals surface area contributed by atoms with Crippen LogP contribution in [0.1, 0.15) is 34.8 Å². The molecule has 0 radical (unpaired) electrons. The number of hydrogen-bond donors (Lipinski definition) is 1. The fourth-order valence-electron chi connectivity index (χ4n) is 2.43. The third kappa shape index (κ3) is 5.30. The summed E-state index contributed by atoms with van der Waals surface area (Å²) in [6.07, 6.45) is 0. The number of nitrogens with zero attached hydrogens (tertiary/aromatic N) is 1. The second kappa shape index (κ2) is 8.48. The van der Waals surface area contributed by atoms with Gasteiger partial charge in [0, 0.05) is 23.0 Å². The number of benzene rings is 2. The van der Waals surface area contributed by atoms with Crippen molar-refractivity contribution >= 4 is 22.9 Å². The maximum absolute atomic E-state index is 6.05. The predicted octanol–water partition coefficient (Wildman–Crippen LogP) is 5.53. The Morgan fingerprint density at radius 3 is 2.76 bits per heavy atom. The first kappa shape index (κ1) is 17.9. The molecule has 3 nitrogen and oxygen atoms in total. The van der Waals surface area contributed by atoms with Crippen molar-refractivity contribution in [2.24, 2.45) is 0 Å². The van der Waals surface area contributed by atoms with Gasteiger partial charge in [0.1, 0.15) is 17.4 Å². The van der Waals surface area contributed by atoms with Crippen LogP contribution in [0.4, 0.5) is 0 Å². The van der Waals surface area contributed by atoms with E-state index in [1.165, 1.54) is 11.1 Å². The van der Waals surface area contributed by atoms with Crippen molar-refractivity contribution in [2.45, 2.75) is 33.0 Å². The van der Waals surface area contributed by atoms with E-state index in [2.05, 4.69) is 35.6 Å². The first-order chi connectivity index (χ1) is 12.1. The molecule has 0 aliphatic rings. The minimum atomic E-state index is 0.215. The molecule has 25 heavy (non-hydrogen) atoms. The van der Waals surface area contributed by atoms with Crippen molar-refractivity contribution < 1.29 is 4.74 Å². The summed E-state index contributed by atoms with van der Waals surface area (Å²) < 4.78 is 5.78. The van der Waals surface area contributed by atoms with Gasteiger partial charge in [0.05, 0.1) is 5.69 Å². The Kier molecular flexibility index (Phi) is 6.08. The number of halogens is 1. The number of rotatable bonds is 7. The maximum atomic E-state index is 6.05. The molecule has 1 N–H and O–H groups in total. The van der Waals surface area contributed by atoms with E-state index < -0.39 is 0 Å². The van der Waals surface area contributed by atoms with Gasteiger partial charge >= 0.3 is 0 Å². The molecule has 1 unspecified atom stereocenters. The smallest absolute Gasteiger partial charge is 0.140 e. The highest BCUT2D eigenvalue weighted by Gasteiger charge is 2.08. The summed E-state index contributed by atoms with van der Waals surface area (Å²) in [5, 5.41) is 7.29. The first-order valence-corrected chi connectivity index (χ1v) is 9.47. The van der Waals surface area contributed by atoms with E-state index in [1.807, 2.05) is 42.5 Å². The van der Waals surface area contributed by atoms with Gasteiger partial charge in [0.2, 0.25) is 0 Å². The van der Waals surface area contributed by atoms with Gasteiger partial charge in [-0.1, -0.05) is 41.4 Å². The van der Waals surface area contributed by atoms with Gasteiger partial charge in [-0.2, -0.15) is 0 Å². The van der Waals surface area contributed by atoms with Crippen molar-refractivity contribution in [1.29, 1.82) is 0 Å². The van der Waals surface area contributed by atoms with E-state index in [-0.39, 0.29) is 6.04 Å². The zero-order chi connectivity index (χ0) is 17.6. The molecule has 0 fully saturated rings. The van der Waals surface area contributed by atoms with Crippen LogP contribution < -0.4 is 10.1 Å². The molecule has 0 saturated carbocycles. The highest BCUT2D eigenvalue weighted by atomic mass is 35.5. The summed E-state index contributed by atoms with van der Waals surface area (Å²) in [4.78, 5) is 4.63. The lowest BCUT2D eigenvalue weighted by Gasteiger charge is -2.13. The van der Waals surface area contributed by atoms with Crippen LogP contribution in [0, 0.1) is 6.92 Å². The van der Waals surface area contributed by atoms with Crippen molar-refractivity contribution in [1.82, 2.24) is 10.3 Å². The summed E-state index contributed by atoms with van der Waals surface area (Å²) in [6, 6.07) is 16.2. The molecule has 0 aliphatic heterocycles. The third-order valence-electron chi connectivity index (χ3n) is 3.92. The summed E-state index contributed by atoms with van der Waals surface area (Å²) in [6.45, 7) is 5.40. The number of aromatic nitrogens is 1. The number of hydrogen-bond acceptors (Lipinski definition) is 4. The van der Waals surface area contributed by atoms with Crippen molar-refractivity contribution in [3.05, 3.63) is 80.8 Å². The molecule has 0 saturated heterocycles. The van der Waals surface area contributed by atoms with E-state index in [9.17, 15) is 0 Å². The second-order valence-corrected chi connectivity index (χ2v) is 7.37. The van der Waals surface area contributed by atoms with E-state index in [0.717, 1.165) is 21.5 Å². The Morgan fingerprint density at radius 2 is 2.00 bits per heavy atom. The Hall–Kier alpha value is -1.88. The predicted molar refractivity (Wildman–Crippen MR) is 104 cm³/mol. The third-order valence-corrected chi connectivity index (χ3v) is 5.03. The number of ether oxygens (including phenoxy) is 1.